The van der Waals surface area contributed by atoms with Gasteiger partial charge in [0.25, 0.3) is 11.8 Å². The van der Waals surface area contributed by atoms with Gasteiger partial charge in [-0.1, -0.05) is 6.07 Å². The average molecular weight is 574 g/mol. The Morgan fingerprint density at radius 1 is 1.14 bits per heavy atom. The van der Waals surface area contributed by atoms with Gasteiger partial charge in [0.2, 0.25) is 11.8 Å². The monoisotopic (exact) mass is 573 g/mol. The maximum atomic E-state index is 14.6. The number of nitrogens with one attached hydrogen (secondary N) is 1. The molecule has 6 rings (SSSR count). The minimum absolute atomic E-state index is 0.176. The number of hydrogen-bond donors (Lipinski definition) is 2. The van der Waals surface area contributed by atoms with E-state index in [4.69, 9.17) is 5.73 Å². The lowest BCUT2D eigenvalue weighted by atomic mass is 10.0. The van der Waals surface area contributed by atoms with E-state index in [-0.39, 0.29) is 31.0 Å². The summed E-state index contributed by atoms with van der Waals surface area (Å²) in [6.45, 7) is -0.120. The van der Waals surface area contributed by atoms with Crippen LogP contribution in [0.1, 0.15) is 23.2 Å². The first kappa shape index (κ1) is 27.1. The number of rotatable bonds is 7. The second kappa shape index (κ2) is 10.7. The number of amides is 4. The van der Waals surface area contributed by atoms with E-state index in [1.807, 2.05) is 6.07 Å². The molecule has 1 unspecified atom stereocenters. The van der Waals surface area contributed by atoms with Crippen LogP contribution in [0.4, 0.5) is 10.2 Å². The Morgan fingerprint density at radius 3 is 2.69 bits per heavy atom. The number of alkyl halides is 1. The Morgan fingerprint density at radius 2 is 1.98 bits per heavy atom. The van der Waals surface area contributed by atoms with Crippen molar-refractivity contribution in [3.8, 4) is 11.1 Å². The summed E-state index contributed by atoms with van der Waals surface area (Å²) in [6.07, 6.45) is 5.14. The second-order valence-electron chi connectivity index (χ2n) is 10.5. The molecule has 2 fully saturated rings. The fraction of sp³-hybridized carbons (Fsp3) is 0.321. The van der Waals surface area contributed by atoms with Crippen LogP contribution < -0.4 is 16.0 Å². The Balaban J connectivity index is 1.19. The number of carbonyl (C=O) groups excluding carboxylic acids is 4. The number of benzene rings is 1. The van der Waals surface area contributed by atoms with Gasteiger partial charge in [-0.2, -0.15) is 15.3 Å². The zero-order valence-electron chi connectivity index (χ0n) is 22.7. The van der Waals surface area contributed by atoms with Crippen molar-refractivity contribution in [3.05, 3.63) is 60.7 Å². The molecule has 0 saturated carbocycles. The van der Waals surface area contributed by atoms with Gasteiger partial charge in [0.15, 0.2) is 5.82 Å². The third kappa shape index (κ3) is 4.95. The Kier molecular flexibility index (Phi) is 6.88. The minimum atomic E-state index is -1.40. The van der Waals surface area contributed by atoms with E-state index in [1.165, 1.54) is 16.0 Å². The van der Waals surface area contributed by atoms with Crippen molar-refractivity contribution in [1.29, 1.82) is 0 Å². The zero-order chi connectivity index (χ0) is 29.5. The van der Waals surface area contributed by atoms with Crippen LogP contribution in [0.5, 0.6) is 0 Å². The normalized spacial score (nSPS) is 20.4. The smallest absolute Gasteiger partial charge is 0.250 e. The molecule has 2 saturated heterocycles. The molecule has 14 heteroatoms. The van der Waals surface area contributed by atoms with Gasteiger partial charge in [0.1, 0.15) is 24.8 Å². The molecule has 3 aromatic heterocycles. The maximum Gasteiger partial charge on any atom is 0.250 e. The summed E-state index contributed by atoms with van der Waals surface area (Å²) in [7, 11) is 1.74. The summed E-state index contributed by atoms with van der Waals surface area (Å²) >= 11 is 0. The van der Waals surface area contributed by atoms with Gasteiger partial charge in [-0.05, 0) is 30.2 Å². The molecule has 3 atom stereocenters. The third-order valence-corrected chi connectivity index (χ3v) is 7.74. The van der Waals surface area contributed by atoms with Gasteiger partial charge in [0.05, 0.1) is 24.5 Å². The van der Waals surface area contributed by atoms with Gasteiger partial charge in [0, 0.05) is 54.9 Å². The van der Waals surface area contributed by atoms with Crippen LogP contribution in [0.25, 0.3) is 22.0 Å². The van der Waals surface area contributed by atoms with Gasteiger partial charge in [-0.3, -0.25) is 28.8 Å². The summed E-state index contributed by atoms with van der Waals surface area (Å²) in [5.41, 5.74) is 8.01. The van der Waals surface area contributed by atoms with Crippen LogP contribution in [0.15, 0.2) is 55.1 Å². The Hall–Kier alpha value is -5.14. The number of anilines is 1. The highest BCUT2D eigenvalue weighted by Gasteiger charge is 2.42. The van der Waals surface area contributed by atoms with E-state index in [0.29, 0.717) is 29.7 Å². The number of nitrogens with two attached hydrogens (primary N) is 1. The summed E-state index contributed by atoms with van der Waals surface area (Å²) in [5, 5.41) is 15.2. The van der Waals surface area contributed by atoms with E-state index in [2.05, 4.69) is 20.6 Å². The van der Waals surface area contributed by atoms with Crippen LogP contribution in [0.2, 0.25) is 0 Å². The topological polar surface area (TPSA) is 161 Å². The van der Waals surface area contributed by atoms with Crippen LogP contribution in [-0.4, -0.2) is 84.4 Å². The van der Waals surface area contributed by atoms with Crippen molar-refractivity contribution in [3.63, 3.8) is 0 Å². The van der Waals surface area contributed by atoms with Crippen molar-refractivity contribution < 1.29 is 23.6 Å². The fourth-order valence-electron chi connectivity index (χ4n) is 5.67. The molecule has 0 radical (unpaired) electrons. The number of halogens is 1. The highest BCUT2D eigenvalue weighted by Crippen LogP contribution is 2.29. The molecule has 2 aliphatic heterocycles. The predicted octanol–water partition coefficient (Wildman–Crippen LogP) is 0.791. The summed E-state index contributed by atoms with van der Waals surface area (Å²) in [5.74, 6) is -1.58. The summed E-state index contributed by atoms with van der Waals surface area (Å²) in [4.78, 5) is 54.6. The van der Waals surface area contributed by atoms with Gasteiger partial charge >= 0.3 is 0 Å². The minimum Gasteiger partial charge on any atom is -0.366 e. The van der Waals surface area contributed by atoms with Gasteiger partial charge in [-0.15, -0.1) is 0 Å². The molecular formula is C28H28FN9O4. The number of nitrogens with zero attached hydrogens (tertiary/aromatic N) is 7. The number of fused-ring (bicyclic) bond motifs is 1. The van der Waals surface area contributed by atoms with Crippen molar-refractivity contribution >= 4 is 40.3 Å². The molecule has 1 aromatic carbocycles. The number of aromatic nitrogens is 5. The predicted molar refractivity (Wildman–Crippen MR) is 149 cm³/mol. The standard InChI is InChI=1S/C28H28FN9O4/c1-35-8-6-24(34-35)37-9-5-21(28(37)42)33-27(41)23-11-18(29)13-38(23)25(39)15-36-14-20(26(30)40)19-10-16(2-3-22(19)36)17-4-7-31-32-12-17/h2-4,6-8,10,12,14,18,21,23H,5,9,11,13,15H2,1H3,(H2,30,40)(H,33,41)/t18-,21?,23+/m1/s1. The first-order chi connectivity index (χ1) is 20.2. The van der Waals surface area contributed by atoms with Crippen LogP contribution in [-0.2, 0) is 28.0 Å². The molecular weight excluding hydrogens is 545 g/mol. The number of likely N-dealkylation sites (tertiary alicyclic amines) is 1. The average Bonchev–Trinajstić information content (AvgIpc) is 3.75. The van der Waals surface area contributed by atoms with E-state index in [0.717, 1.165) is 11.1 Å². The Bertz CT molecular complexity index is 1700. The lowest BCUT2D eigenvalue weighted by Gasteiger charge is -2.25. The molecule has 4 aromatic rings. The lowest BCUT2D eigenvalue weighted by Crippen LogP contribution is -2.51. The highest BCUT2D eigenvalue weighted by molar-refractivity contribution is 6.07. The first-order valence-corrected chi connectivity index (χ1v) is 13.4. The van der Waals surface area contributed by atoms with Crippen LogP contribution >= 0.6 is 0 Å². The zero-order valence-corrected chi connectivity index (χ0v) is 22.7. The van der Waals surface area contributed by atoms with E-state index in [9.17, 15) is 23.6 Å². The number of hydrogen-bond acceptors (Lipinski definition) is 7. The Labute approximate surface area is 239 Å². The molecule has 4 amide bonds. The molecule has 13 nitrogen and oxygen atoms in total. The molecule has 2 aliphatic rings. The molecule has 3 N–H and O–H groups in total. The van der Waals surface area contributed by atoms with E-state index >= 15 is 0 Å². The van der Waals surface area contributed by atoms with Crippen molar-refractivity contribution in [2.75, 3.05) is 18.0 Å². The third-order valence-electron chi connectivity index (χ3n) is 7.74. The van der Waals surface area contributed by atoms with Crippen molar-refractivity contribution in [2.45, 2.75) is 37.6 Å². The quantitative estimate of drug-likeness (QED) is 0.330. The van der Waals surface area contributed by atoms with E-state index < -0.39 is 36.0 Å². The first-order valence-electron chi connectivity index (χ1n) is 13.4. The summed E-state index contributed by atoms with van der Waals surface area (Å²) < 4.78 is 17.7. The molecule has 216 valence electrons. The molecule has 42 heavy (non-hydrogen) atoms. The van der Waals surface area contributed by atoms with Gasteiger partial charge in [-0.25, -0.2) is 4.39 Å². The molecule has 0 spiro atoms. The fourth-order valence-corrected chi connectivity index (χ4v) is 5.67. The molecule has 5 heterocycles. The van der Waals surface area contributed by atoms with E-state index in [1.54, 1.807) is 59.2 Å². The summed E-state index contributed by atoms with van der Waals surface area (Å²) in [6, 6.07) is 6.97. The van der Waals surface area contributed by atoms with Crippen molar-refractivity contribution in [1.82, 2.24) is 34.8 Å². The number of carbonyl (C=O) groups is 4. The SMILES string of the molecule is Cn1ccc(N2CCC(NC(=O)[C@@H]3C[C@@H](F)CN3C(=O)Cn3cc(C(N)=O)c4cc(-c5ccnnc5)ccc43)C2=O)n1. The lowest BCUT2D eigenvalue weighted by molar-refractivity contribution is -0.139. The largest absolute Gasteiger partial charge is 0.366 e. The molecule has 0 bridgehead atoms. The van der Waals surface area contributed by atoms with Crippen LogP contribution in [0, 0.1) is 0 Å². The maximum absolute atomic E-state index is 14.6. The second-order valence-corrected chi connectivity index (χ2v) is 10.5. The number of primary amides is 1. The highest BCUT2D eigenvalue weighted by atomic mass is 19.1. The van der Waals surface area contributed by atoms with Gasteiger partial charge < -0.3 is 20.5 Å². The van der Waals surface area contributed by atoms with Crippen molar-refractivity contribution in [2.24, 2.45) is 12.8 Å². The molecule has 0 aliphatic carbocycles. The van der Waals surface area contributed by atoms with Crippen LogP contribution in [0.3, 0.4) is 0 Å². The number of aryl methyl sites for hydroxylation is 1.